The molecule has 2 aliphatic heterocycles. The average Bonchev–Trinajstić information content (AvgIpc) is 2.87. The lowest BCUT2D eigenvalue weighted by molar-refractivity contribution is 0.471. The van der Waals surface area contributed by atoms with E-state index in [0.717, 1.165) is 11.8 Å². The maximum Gasteiger partial charge on any atom is 0.186 e. The molecule has 88 valence electrons. The highest BCUT2D eigenvalue weighted by Gasteiger charge is 2.42. The molecule has 3 heterocycles. The summed E-state index contributed by atoms with van der Waals surface area (Å²) < 4.78 is 0. The van der Waals surface area contributed by atoms with Gasteiger partial charge < -0.3 is 10.2 Å². The second-order valence-electron chi connectivity index (χ2n) is 5.11. The molecule has 0 amide bonds. The van der Waals surface area contributed by atoms with Crippen molar-refractivity contribution in [1.82, 2.24) is 10.3 Å². The topological polar surface area (TPSA) is 28.2 Å². The Hall–Kier alpha value is -0.610. The van der Waals surface area contributed by atoms with Gasteiger partial charge in [-0.2, -0.15) is 0 Å². The number of rotatable bonds is 1. The van der Waals surface area contributed by atoms with E-state index in [2.05, 4.69) is 31.0 Å². The number of thiazole rings is 1. The molecule has 1 aromatic rings. The third kappa shape index (κ3) is 1.47. The Balaban J connectivity index is 1.86. The van der Waals surface area contributed by atoms with Gasteiger partial charge in [-0.05, 0) is 32.6 Å². The zero-order valence-corrected chi connectivity index (χ0v) is 11.0. The Labute approximate surface area is 101 Å². The van der Waals surface area contributed by atoms with Gasteiger partial charge in [0.1, 0.15) is 0 Å². The molecular weight excluding hydrogens is 218 g/mol. The summed E-state index contributed by atoms with van der Waals surface area (Å²) in [6.45, 7) is 10.2. The minimum Gasteiger partial charge on any atom is -0.345 e. The number of fused-ring (bicyclic) bond motifs is 1. The highest BCUT2D eigenvalue weighted by Crippen LogP contribution is 2.37. The van der Waals surface area contributed by atoms with Crippen LogP contribution in [0.25, 0.3) is 0 Å². The Morgan fingerprint density at radius 2 is 2.19 bits per heavy atom. The summed E-state index contributed by atoms with van der Waals surface area (Å²) in [5, 5.41) is 4.73. The van der Waals surface area contributed by atoms with Gasteiger partial charge in [0.15, 0.2) is 5.13 Å². The van der Waals surface area contributed by atoms with Crippen molar-refractivity contribution < 1.29 is 0 Å². The number of nitrogens with zero attached hydrogens (tertiary/aromatic N) is 2. The molecule has 2 aliphatic rings. The molecule has 1 aromatic heterocycles. The van der Waals surface area contributed by atoms with Gasteiger partial charge in [0.25, 0.3) is 0 Å². The predicted molar refractivity (Wildman–Crippen MR) is 68.2 cm³/mol. The fourth-order valence-corrected chi connectivity index (χ4v) is 4.01. The Morgan fingerprint density at radius 1 is 1.38 bits per heavy atom. The standard InChI is InChI=1S/C12H19N3S/c1-7-9(3)16-12(14-7)15-6-10-4-13-5-11(10)8(15)2/h8,10-11,13H,4-6H2,1-3H3. The van der Waals surface area contributed by atoms with E-state index >= 15 is 0 Å². The molecule has 0 aliphatic carbocycles. The summed E-state index contributed by atoms with van der Waals surface area (Å²) in [7, 11) is 0. The average molecular weight is 237 g/mol. The van der Waals surface area contributed by atoms with E-state index in [-0.39, 0.29) is 0 Å². The number of hydrogen-bond donors (Lipinski definition) is 1. The highest BCUT2D eigenvalue weighted by molar-refractivity contribution is 7.15. The summed E-state index contributed by atoms with van der Waals surface area (Å²) in [6, 6.07) is 0.643. The second-order valence-corrected chi connectivity index (χ2v) is 6.29. The molecule has 1 N–H and O–H groups in total. The molecule has 3 unspecified atom stereocenters. The van der Waals surface area contributed by atoms with Crippen molar-refractivity contribution in [1.29, 1.82) is 0 Å². The van der Waals surface area contributed by atoms with E-state index in [1.54, 1.807) is 0 Å². The van der Waals surface area contributed by atoms with E-state index in [1.165, 1.54) is 35.3 Å². The van der Waals surface area contributed by atoms with Gasteiger partial charge in [-0.15, -0.1) is 11.3 Å². The second kappa shape index (κ2) is 3.70. The molecule has 0 bridgehead atoms. The maximum absolute atomic E-state index is 4.69. The molecule has 3 rings (SSSR count). The first kappa shape index (κ1) is 10.5. The number of anilines is 1. The number of hydrogen-bond acceptors (Lipinski definition) is 4. The van der Waals surface area contributed by atoms with Crippen LogP contribution in [0.15, 0.2) is 0 Å². The molecule has 2 saturated heterocycles. The molecule has 0 radical (unpaired) electrons. The maximum atomic E-state index is 4.69. The highest BCUT2D eigenvalue weighted by atomic mass is 32.1. The van der Waals surface area contributed by atoms with Gasteiger partial charge >= 0.3 is 0 Å². The van der Waals surface area contributed by atoms with Crippen molar-refractivity contribution in [3.8, 4) is 0 Å². The van der Waals surface area contributed by atoms with Crippen molar-refractivity contribution in [3.63, 3.8) is 0 Å². The van der Waals surface area contributed by atoms with Crippen LogP contribution in [0.2, 0.25) is 0 Å². The zero-order chi connectivity index (χ0) is 11.3. The minimum atomic E-state index is 0.643. The molecule has 0 saturated carbocycles. The van der Waals surface area contributed by atoms with Crippen LogP contribution < -0.4 is 10.2 Å². The SMILES string of the molecule is Cc1nc(N2CC3CNCC3C2C)sc1C. The van der Waals surface area contributed by atoms with Crippen LogP contribution >= 0.6 is 11.3 Å². The summed E-state index contributed by atoms with van der Waals surface area (Å²) >= 11 is 1.85. The van der Waals surface area contributed by atoms with Crippen LogP contribution in [0.3, 0.4) is 0 Å². The van der Waals surface area contributed by atoms with Gasteiger partial charge in [0.05, 0.1) is 5.69 Å². The van der Waals surface area contributed by atoms with Gasteiger partial charge in [0.2, 0.25) is 0 Å². The third-order valence-electron chi connectivity index (χ3n) is 4.20. The van der Waals surface area contributed by atoms with Crippen LogP contribution in [0, 0.1) is 25.7 Å². The molecule has 3 nitrogen and oxygen atoms in total. The smallest absolute Gasteiger partial charge is 0.186 e. The van der Waals surface area contributed by atoms with Gasteiger partial charge in [-0.3, -0.25) is 0 Å². The Kier molecular flexibility index (Phi) is 2.44. The fraction of sp³-hybridized carbons (Fsp3) is 0.750. The van der Waals surface area contributed by atoms with Crippen molar-refractivity contribution in [2.45, 2.75) is 26.8 Å². The fourth-order valence-electron chi connectivity index (χ4n) is 3.00. The minimum absolute atomic E-state index is 0.643. The summed E-state index contributed by atoms with van der Waals surface area (Å²) in [6.07, 6.45) is 0. The van der Waals surface area contributed by atoms with E-state index in [9.17, 15) is 0 Å². The van der Waals surface area contributed by atoms with Crippen molar-refractivity contribution in [2.24, 2.45) is 11.8 Å². The Bertz CT molecular complexity index is 381. The molecule has 4 heteroatoms. The lowest BCUT2D eigenvalue weighted by atomic mass is 9.95. The molecule has 0 spiro atoms. The van der Waals surface area contributed by atoms with Crippen molar-refractivity contribution in [3.05, 3.63) is 10.6 Å². The molecule has 0 aromatic carbocycles. The predicted octanol–water partition coefficient (Wildman–Crippen LogP) is 1.80. The summed E-state index contributed by atoms with van der Waals surface area (Å²) in [5.41, 5.74) is 1.20. The Morgan fingerprint density at radius 3 is 2.81 bits per heavy atom. The van der Waals surface area contributed by atoms with Gasteiger partial charge in [-0.1, -0.05) is 0 Å². The van der Waals surface area contributed by atoms with Crippen molar-refractivity contribution >= 4 is 16.5 Å². The summed E-state index contributed by atoms with van der Waals surface area (Å²) in [5.74, 6) is 1.66. The lowest BCUT2D eigenvalue weighted by Gasteiger charge is -2.23. The van der Waals surface area contributed by atoms with Crippen LogP contribution in [0.1, 0.15) is 17.5 Å². The number of aryl methyl sites for hydroxylation is 2. The first-order chi connectivity index (χ1) is 7.66. The number of nitrogens with one attached hydrogen (secondary N) is 1. The van der Waals surface area contributed by atoms with Crippen LogP contribution in [-0.4, -0.2) is 30.7 Å². The largest absolute Gasteiger partial charge is 0.345 e. The summed E-state index contributed by atoms with van der Waals surface area (Å²) in [4.78, 5) is 8.57. The third-order valence-corrected chi connectivity index (χ3v) is 5.31. The van der Waals surface area contributed by atoms with Crippen LogP contribution in [0.4, 0.5) is 5.13 Å². The quantitative estimate of drug-likeness (QED) is 0.807. The van der Waals surface area contributed by atoms with E-state index in [1.807, 2.05) is 11.3 Å². The van der Waals surface area contributed by atoms with E-state index in [4.69, 9.17) is 4.98 Å². The van der Waals surface area contributed by atoms with Crippen LogP contribution in [-0.2, 0) is 0 Å². The molecule has 3 atom stereocenters. The van der Waals surface area contributed by atoms with Crippen LogP contribution in [0.5, 0.6) is 0 Å². The lowest BCUT2D eigenvalue weighted by Crippen LogP contribution is -2.33. The van der Waals surface area contributed by atoms with Gasteiger partial charge in [-0.25, -0.2) is 4.98 Å². The molecular formula is C12H19N3S. The van der Waals surface area contributed by atoms with Gasteiger partial charge in [0, 0.05) is 30.6 Å². The normalized spacial score (nSPS) is 33.4. The van der Waals surface area contributed by atoms with E-state index < -0.39 is 0 Å². The molecule has 16 heavy (non-hydrogen) atoms. The number of aromatic nitrogens is 1. The molecule has 2 fully saturated rings. The zero-order valence-electron chi connectivity index (χ0n) is 10.2. The van der Waals surface area contributed by atoms with Crippen molar-refractivity contribution in [2.75, 3.05) is 24.5 Å². The monoisotopic (exact) mass is 237 g/mol. The first-order valence-electron chi connectivity index (χ1n) is 6.08. The first-order valence-corrected chi connectivity index (χ1v) is 6.90. The van der Waals surface area contributed by atoms with E-state index in [0.29, 0.717) is 6.04 Å².